The predicted octanol–water partition coefficient (Wildman–Crippen LogP) is 3.09. The minimum atomic E-state index is -6.95. The van der Waals surface area contributed by atoms with E-state index in [1.165, 1.54) is 0 Å². The van der Waals surface area contributed by atoms with Gasteiger partial charge in [-0.15, -0.1) is 0 Å². The summed E-state index contributed by atoms with van der Waals surface area (Å²) in [5, 5.41) is 16.7. The molecule has 21 heavy (non-hydrogen) atoms. The first kappa shape index (κ1) is 20.1. The van der Waals surface area contributed by atoms with Crippen molar-refractivity contribution in [3.63, 3.8) is 0 Å². The van der Waals surface area contributed by atoms with Gasteiger partial charge in [-0.25, -0.2) is 0 Å². The van der Waals surface area contributed by atoms with Crippen LogP contribution in [0.15, 0.2) is 0 Å². The molecule has 128 valence electrons. The summed E-state index contributed by atoms with van der Waals surface area (Å²) < 4.78 is 145. The van der Waals surface area contributed by atoms with E-state index in [2.05, 4.69) is 0 Å². The molecule has 0 heterocycles. The van der Waals surface area contributed by atoms with Crippen molar-refractivity contribution in [1.29, 1.82) is 0 Å². The molecule has 0 aromatic rings. The van der Waals surface area contributed by atoms with E-state index >= 15 is 0 Å². The maximum absolute atomic E-state index is 12.1. The van der Waals surface area contributed by atoms with E-state index in [9.17, 15) is 52.7 Å². The number of hydrogen-bond acceptors (Lipinski definition) is 2. The van der Waals surface area contributed by atoms with Gasteiger partial charge in [0.25, 0.3) is 11.2 Å². The van der Waals surface area contributed by atoms with Gasteiger partial charge in [-0.05, 0) is 0 Å². The largest absolute Gasteiger partial charge is 0.426 e. The van der Waals surface area contributed by atoms with Gasteiger partial charge < -0.3 is 10.2 Å². The quantitative estimate of drug-likeness (QED) is 0.753. The molecule has 2 N–H and O–H groups in total. The van der Waals surface area contributed by atoms with Crippen LogP contribution in [0.3, 0.4) is 0 Å². The zero-order valence-electron chi connectivity index (χ0n) is 9.14. The normalized spacial score (nSPS) is 16.3. The first-order valence-electron chi connectivity index (χ1n) is 4.42. The standard InChI is InChI=1S/C7H4F12O2/c8-4(9,10)2(20,5(11,12)13)1-3(21,6(14,15)16)7(17,18)19/h20-21H,1H2. The Morgan fingerprint density at radius 1 is 0.429 bits per heavy atom. The number of halogens is 12. The van der Waals surface area contributed by atoms with E-state index in [-0.39, 0.29) is 0 Å². The van der Waals surface area contributed by atoms with Gasteiger partial charge in [0.2, 0.25) is 0 Å². The first-order chi connectivity index (χ1) is 8.71. The lowest BCUT2D eigenvalue weighted by Gasteiger charge is -2.40. The summed E-state index contributed by atoms with van der Waals surface area (Å²) in [6.45, 7) is 0. The Morgan fingerprint density at radius 2 is 0.571 bits per heavy atom. The van der Waals surface area contributed by atoms with Gasteiger partial charge >= 0.3 is 24.7 Å². The molecule has 0 aromatic carbocycles. The Kier molecular flexibility index (Phi) is 4.58. The van der Waals surface area contributed by atoms with E-state index in [1.54, 1.807) is 0 Å². The molecule has 0 aliphatic rings. The van der Waals surface area contributed by atoms with E-state index in [4.69, 9.17) is 10.2 Å². The minimum Gasteiger partial charge on any atom is -0.374 e. The highest BCUT2D eigenvalue weighted by Crippen LogP contribution is 2.54. The Balaban J connectivity index is 6.15. The second-order valence-corrected chi connectivity index (χ2v) is 3.89. The summed E-state index contributed by atoms with van der Waals surface area (Å²) in [6.07, 6.45) is -31.9. The third-order valence-corrected chi connectivity index (χ3v) is 2.39. The summed E-state index contributed by atoms with van der Waals surface area (Å²) in [4.78, 5) is 0. The highest BCUT2D eigenvalue weighted by molar-refractivity contribution is 5.05. The van der Waals surface area contributed by atoms with Gasteiger partial charge in [0.05, 0.1) is 0 Å². The lowest BCUT2D eigenvalue weighted by Crippen LogP contribution is -2.67. The summed E-state index contributed by atoms with van der Waals surface area (Å²) in [6, 6.07) is 0. The van der Waals surface area contributed by atoms with Crippen molar-refractivity contribution in [3.05, 3.63) is 0 Å². The van der Waals surface area contributed by atoms with Crippen LogP contribution < -0.4 is 0 Å². The zero-order chi connectivity index (χ0) is 17.7. The molecule has 0 aliphatic heterocycles. The molecule has 0 saturated carbocycles. The zero-order valence-corrected chi connectivity index (χ0v) is 9.14. The van der Waals surface area contributed by atoms with Gasteiger partial charge in [0.15, 0.2) is 0 Å². The molecular weight excluding hydrogens is 344 g/mol. The van der Waals surface area contributed by atoms with Crippen LogP contribution in [0.25, 0.3) is 0 Å². The lowest BCUT2D eigenvalue weighted by atomic mass is 9.84. The van der Waals surface area contributed by atoms with Crippen molar-refractivity contribution in [3.8, 4) is 0 Å². The first-order valence-corrected chi connectivity index (χ1v) is 4.42. The van der Waals surface area contributed by atoms with Crippen LogP contribution in [0.2, 0.25) is 0 Å². The molecule has 0 radical (unpaired) electrons. The van der Waals surface area contributed by atoms with Crippen LogP contribution in [-0.2, 0) is 0 Å². The topological polar surface area (TPSA) is 40.5 Å². The van der Waals surface area contributed by atoms with Crippen LogP contribution in [0.4, 0.5) is 52.7 Å². The van der Waals surface area contributed by atoms with Crippen molar-refractivity contribution in [1.82, 2.24) is 0 Å². The van der Waals surface area contributed by atoms with Gasteiger partial charge in [-0.1, -0.05) is 0 Å². The van der Waals surface area contributed by atoms with E-state index in [0.717, 1.165) is 0 Å². The fourth-order valence-electron chi connectivity index (χ4n) is 1.09. The SMILES string of the molecule is OC(CC(O)(C(F)(F)F)C(F)(F)F)(C(F)(F)F)C(F)(F)F. The number of rotatable bonds is 2. The molecule has 0 aliphatic carbocycles. The highest BCUT2D eigenvalue weighted by atomic mass is 19.4. The van der Waals surface area contributed by atoms with Crippen LogP contribution in [0.5, 0.6) is 0 Å². The van der Waals surface area contributed by atoms with Crippen LogP contribution in [-0.4, -0.2) is 46.1 Å². The minimum absolute atomic E-state index is 4.14. The Morgan fingerprint density at radius 3 is 0.667 bits per heavy atom. The molecule has 0 bridgehead atoms. The molecule has 0 unspecified atom stereocenters. The molecule has 0 rings (SSSR count). The highest BCUT2D eigenvalue weighted by Gasteiger charge is 2.80. The molecule has 14 heteroatoms. The van der Waals surface area contributed by atoms with Gasteiger partial charge in [0.1, 0.15) is 0 Å². The van der Waals surface area contributed by atoms with Gasteiger partial charge in [-0.2, -0.15) is 52.7 Å². The average Bonchev–Trinajstić information content (AvgIpc) is 2.09. The number of alkyl halides is 12. The number of hydrogen-bond donors (Lipinski definition) is 2. The molecule has 0 atom stereocenters. The van der Waals surface area contributed by atoms with Crippen LogP contribution in [0.1, 0.15) is 6.42 Å². The lowest BCUT2D eigenvalue weighted by molar-refractivity contribution is -0.422. The second kappa shape index (κ2) is 4.79. The van der Waals surface area contributed by atoms with Crippen molar-refractivity contribution in [2.75, 3.05) is 0 Å². The monoisotopic (exact) mass is 348 g/mol. The molecule has 0 fully saturated rings. The molecule has 0 spiro atoms. The number of aliphatic hydroxyl groups is 2. The average molecular weight is 348 g/mol. The van der Waals surface area contributed by atoms with Gasteiger partial charge in [-0.3, -0.25) is 0 Å². The van der Waals surface area contributed by atoms with E-state index in [1.807, 2.05) is 0 Å². The van der Waals surface area contributed by atoms with Crippen LogP contribution in [0, 0.1) is 0 Å². The van der Waals surface area contributed by atoms with Crippen molar-refractivity contribution < 1.29 is 62.9 Å². The predicted molar refractivity (Wildman–Crippen MR) is 38.7 cm³/mol. The smallest absolute Gasteiger partial charge is 0.374 e. The van der Waals surface area contributed by atoms with E-state index in [0.29, 0.717) is 0 Å². The summed E-state index contributed by atoms with van der Waals surface area (Å²) in [5.41, 5.74) is -12.8. The fourth-order valence-corrected chi connectivity index (χ4v) is 1.09. The molecule has 0 amide bonds. The van der Waals surface area contributed by atoms with Crippen molar-refractivity contribution in [2.24, 2.45) is 0 Å². The Hall–Kier alpha value is -0.920. The summed E-state index contributed by atoms with van der Waals surface area (Å²) in [5.74, 6) is 0. The summed E-state index contributed by atoms with van der Waals surface area (Å²) >= 11 is 0. The van der Waals surface area contributed by atoms with Crippen molar-refractivity contribution >= 4 is 0 Å². The van der Waals surface area contributed by atoms with Crippen LogP contribution >= 0.6 is 0 Å². The molecule has 2 nitrogen and oxygen atoms in total. The second-order valence-electron chi connectivity index (χ2n) is 3.89. The third-order valence-electron chi connectivity index (χ3n) is 2.39. The molecular formula is C7H4F12O2. The van der Waals surface area contributed by atoms with Crippen molar-refractivity contribution in [2.45, 2.75) is 42.3 Å². The Bertz CT molecular complexity index is 307. The Labute approximate surface area is 107 Å². The fraction of sp³-hybridized carbons (Fsp3) is 1.00. The van der Waals surface area contributed by atoms with Gasteiger partial charge in [0, 0.05) is 6.42 Å². The maximum Gasteiger partial charge on any atom is 0.426 e. The molecule has 0 aromatic heterocycles. The summed E-state index contributed by atoms with van der Waals surface area (Å²) in [7, 11) is 0. The third kappa shape index (κ3) is 3.30. The van der Waals surface area contributed by atoms with E-state index < -0.39 is 42.3 Å². The molecule has 0 saturated heterocycles. The maximum atomic E-state index is 12.1.